The molecule has 0 unspecified atom stereocenters. The number of fused-ring (bicyclic) bond motifs is 1. The van der Waals surface area contributed by atoms with E-state index in [9.17, 15) is 30.7 Å². The molecule has 0 spiro atoms. The molecule has 0 radical (unpaired) electrons. The van der Waals surface area contributed by atoms with Crippen LogP contribution >= 0.6 is 0 Å². The van der Waals surface area contributed by atoms with Crippen molar-refractivity contribution in [3.63, 3.8) is 0 Å². The highest BCUT2D eigenvalue weighted by molar-refractivity contribution is 5.84. The maximum atomic E-state index is 14.6. The van der Waals surface area contributed by atoms with Crippen LogP contribution in [0.15, 0.2) is 48.5 Å². The lowest BCUT2D eigenvalue weighted by atomic mass is 10.0. The molecule has 0 atom stereocenters. The molecule has 0 bridgehead atoms. The molecule has 0 aliphatic carbocycles. The first-order chi connectivity index (χ1) is 16.2. The number of hydrogen-bond acceptors (Lipinski definition) is 1. The average Bonchev–Trinajstić information content (AvgIpc) is 2.76. The summed E-state index contributed by atoms with van der Waals surface area (Å²) in [5, 5.41) is -0.188. The largest absolute Gasteiger partial charge is 0.494 e. The molecule has 1 nitrogen and oxygen atoms in total. The van der Waals surface area contributed by atoms with Gasteiger partial charge in [0, 0.05) is 23.1 Å². The number of rotatable bonds is 3. The molecule has 0 aliphatic rings. The molecular weight excluding hydrogens is 461 g/mol. The predicted molar refractivity (Wildman–Crippen MR) is 113 cm³/mol. The highest BCUT2D eigenvalue weighted by atomic mass is 19.2. The lowest BCUT2D eigenvalue weighted by molar-refractivity contribution is 0.336. The average molecular weight is 474 g/mol. The quantitative estimate of drug-likeness (QED) is 0.172. The van der Waals surface area contributed by atoms with E-state index in [1.165, 1.54) is 12.1 Å². The van der Waals surface area contributed by atoms with Crippen molar-refractivity contribution in [1.29, 1.82) is 0 Å². The second-order valence-corrected chi connectivity index (χ2v) is 7.18. The monoisotopic (exact) mass is 474 g/mol. The van der Waals surface area contributed by atoms with Crippen LogP contribution in [-0.4, -0.2) is 6.61 Å². The Bertz CT molecular complexity index is 1450. The smallest absolute Gasteiger partial charge is 0.195 e. The Balaban J connectivity index is 1.72. The van der Waals surface area contributed by atoms with Gasteiger partial charge in [-0.3, -0.25) is 0 Å². The van der Waals surface area contributed by atoms with Crippen molar-refractivity contribution in [3.8, 4) is 28.7 Å². The minimum atomic E-state index is -1.61. The first kappa shape index (κ1) is 23.2. The lowest BCUT2D eigenvalue weighted by Crippen LogP contribution is -1.98. The normalized spacial score (nSPS) is 10.8. The summed E-state index contributed by atoms with van der Waals surface area (Å²) in [6.45, 7) is 1.80. The zero-order valence-electron chi connectivity index (χ0n) is 17.4. The number of benzene rings is 4. The molecule has 0 heterocycles. The molecule has 8 heteroatoms. The molecule has 34 heavy (non-hydrogen) atoms. The van der Waals surface area contributed by atoms with Crippen LogP contribution in [0.3, 0.4) is 0 Å². The molecular formula is C26H13F7O. The molecule has 0 N–H and O–H groups in total. The molecule has 0 fully saturated rings. The zero-order valence-corrected chi connectivity index (χ0v) is 17.4. The Morgan fingerprint density at radius 1 is 0.676 bits per heavy atom. The van der Waals surface area contributed by atoms with E-state index in [4.69, 9.17) is 4.74 Å². The maximum Gasteiger partial charge on any atom is 0.195 e. The Kier molecular flexibility index (Phi) is 6.20. The van der Waals surface area contributed by atoms with E-state index in [1.54, 1.807) is 6.92 Å². The summed E-state index contributed by atoms with van der Waals surface area (Å²) in [4.78, 5) is 0. The lowest BCUT2D eigenvalue weighted by Gasteiger charge is -2.10. The van der Waals surface area contributed by atoms with Crippen molar-refractivity contribution < 1.29 is 35.5 Å². The van der Waals surface area contributed by atoms with Crippen LogP contribution in [0.25, 0.3) is 21.9 Å². The highest BCUT2D eigenvalue weighted by Gasteiger charge is 2.18. The summed E-state index contributed by atoms with van der Waals surface area (Å²) in [5.74, 6) is -4.18. The summed E-state index contributed by atoms with van der Waals surface area (Å²) >= 11 is 0. The molecule has 0 aromatic heterocycles. The van der Waals surface area contributed by atoms with Crippen LogP contribution < -0.4 is 4.74 Å². The van der Waals surface area contributed by atoms with E-state index in [2.05, 4.69) is 11.8 Å². The minimum absolute atomic E-state index is 0.000872. The van der Waals surface area contributed by atoms with Gasteiger partial charge in [-0.25, -0.2) is 30.7 Å². The summed E-state index contributed by atoms with van der Waals surface area (Å²) in [6.07, 6.45) is 0. The van der Waals surface area contributed by atoms with E-state index in [0.717, 1.165) is 36.4 Å². The first-order valence-electron chi connectivity index (χ1n) is 9.90. The SMILES string of the molecule is CCOc1cc(F)c(-c2cc(F)c(C#Cc3ccc4c(F)c(F)c(F)cc4c3)c(F)c2)c(F)c1. The van der Waals surface area contributed by atoms with E-state index in [-0.39, 0.29) is 34.3 Å². The highest BCUT2D eigenvalue weighted by Crippen LogP contribution is 2.32. The maximum absolute atomic E-state index is 14.6. The van der Waals surface area contributed by atoms with Crippen LogP contribution in [0.4, 0.5) is 30.7 Å². The number of ether oxygens (including phenoxy) is 1. The predicted octanol–water partition coefficient (Wildman–Crippen LogP) is 7.28. The van der Waals surface area contributed by atoms with E-state index < -0.39 is 51.8 Å². The van der Waals surface area contributed by atoms with E-state index in [1.807, 2.05) is 0 Å². The molecule has 4 aromatic carbocycles. The van der Waals surface area contributed by atoms with Crippen molar-refractivity contribution >= 4 is 10.8 Å². The molecule has 4 aromatic rings. The fourth-order valence-electron chi connectivity index (χ4n) is 3.43. The van der Waals surface area contributed by atoms with Gasteiger partial charge in [-0.2, -0.15) is 0 Å². The van der Waals surface area contributed by atoms with Gasteiger partial charge in [0.25, 0.3) is 0 Å². The van der Waals surface area contributed by atoms with Crippen molar-refractivity contribution in [1.82, 2.24) is 0 Å². The van der Waals surface area contributed by atoms with Crippen molar-refractivity contribution in [2.45, 2.75) is 6.92 Å². The van der Waals surface area contributed by atoms with Gasteiger partial charge < -0.3 is 4.74 Å². The van der Waals surface area contributed by atoms with E-state index >= 15 is 0 Å². The third-order valence-electron chi connectivity index (χ3n) is 4.96. The van der Waals surface area contributed by atoms with Gasteiger partial charge in [-0.15, -0.1) is 0 Å². The van der Waals surface area contributed by atoms with Crippen LogP contribution in [0, 0.1) is 52.6 Å². The topological polar surface area (TPSA) is 9.23 Å². The van der Waals surface area contributed by atoms with Crippen molar-refractivity contribution in [2.75, 3.05) is 6.61 Å². The van der Waals surface area contributed by atoms with Crippen LogP contribution in [0.5, 0.6) is 5.75 Å². The zero-order chi connectivity index (χ0) is 24.6. The molecule has 0 aliphatic heterocycles. The first-order valence-corrected chi connectivity index (χ1v) is 9.90. The van der Waals surface area contributed by atoms with Crippen molar-refractivity contribution in [3.05, 3.63) is 100 Å². The molecule has 4 rings (SSSR count). The Morgan fingerprint density at radius 2 is 1.32 bits per heavy atom. The molecule has 0 saturated heterocycles. The second-order valence-electron chi connectivity index (χ2n) is 7.18. The summed E-state index contributed by atoms with van der Waals surface area (Å²) < 4.78 is 104. The van der Waals surface area contributed by atoms with Gasteiger partial charge in [0.2, 0.25) is 0 Å². The molecule has 0 saturated carbocycles. The Hall–Kier alpha value is -3.99. The molecule has 172 valence electrons. The van der Waals surface area contributed by atoms with Crippen molar-refractivity contribution in [2.24, 2.45) is 0 Å². The number of hydrogen-bond donors (Lipinski definition) is 0. The molecule has 0 amide bonds. The van der Waals surface area contributed by atoms with Gasteiger partial charge in [0.1, 0.15) is 29.0 Å². The Labute approximate surface area is 189 Å². The van der Waals surface area contributed by atoms with Gasteiger partial charge in [0.15, 0.2) is 17.5 Å². The minimum Gasteiger partial charge on any atom is -0.494 e. The van der Waals surface area contributed by atoms with Crippen LogP contribution in [0.2, 0.25) is 0 Å². The van der Waals surface area contributed by atoms with E-state index in [0.29, 0.717) is 0 Å². The van der Waals surface area contributed by atoms with Gasteiger partial charge >= 0.3 is 0 Å². The standard InChI is InChI=1S/C26H13F7O/c1-2-34-16-11-21(29)24(22(30)12-16)15-9-19(27)18(20(28)10-15)6-4-13-3-5-17-14(7-13)8-23(31)26(33)25(17)32/h3,5,7-12H,2H2,1H3. The van der Waals surface area contributed by atoms with Gasteiger partial charge in [0.05, 0.1) is 17.7 Å². The fourth-order valence-corrected chi connectivity index (χ4v) is 3.43. The number of halogens is 7. The fraction of sp³-hybridized carbons (Fsp3) is 0.0769. The Morgan fingerprint density at radius 3 is 1.94 bits per heavy atom. The van der Waals surface area contributed by atoms with Gasteiger partial charge in [-0.05, 0) is 48.2 Å². The summed E-state index contributed by atoms with van der Waals surface area (Å²) in [7, 11) is 0. The summed E-state index contributed by atoms with van der Waals surface area (Å²) in [5.41, 5.74) is -1.54. The summed E-state index contributed by atoms with van der Waals surface area (Å²) in [6, 6.07) is 7.71. The van der Waals surface area contributed by atoms with Gasteiger partial charge in [-0.1, -0.05) is 17.9 Å². The van der Waals surface area contributed by atoms with Crippen LogP contribution in [-0.2, 0) is 0 Å². The van der Waals surface area contributed by atoms with Crippen LogP contribution in [0.1, 0.15) is 18.1 Å². The third-order valence-corrected chi connectivity index (χ3v) is 4.96. The second kappa shape index (κ2) is 9.10. The third kappa shape index (κ3) is 4.29.